The van der Waals surface area contributed by atoms with E-state index in [1.54, 1.807) is 19.1 Å². The van der Waals surface area contributed by atoms with Crippen molar-refractivity contribution in [3.8, 4) is 0 Å². The minimum absolute atomic E-state index is 0.228. The highest BCUT2D eigenvalue weighted by Crippen LogP contribution is 2.22. The van der Waals surface area contributed by atoms with Gasteiger partial charge < -0.3 is 0 Å². The van der Waals surface area contributed by atoms with Crippen LogP contribution in [0.4, 0.5) is 5.69 Å². The van der Waals surface area contributed by atoms with Crippen molar-refractivity contribution in [2.75, 3.05) is 4.90 Å². The van der Waals surface area contributed by atoms with E-state index in [2.05, 4.69) is 6.92 Å². The molecule has 3 heteroatoms. The van der Waals surface area contributed by atoms with Crippen LogP contribution in [-0.2, 0) is 16.0 Å². The maximum absolute atomic E-state index is 11.7. The molecule has 0 radical (unpaired) electrons. The van der Waals surface area contributed by atoms with Crippen LogP contribution in [0, 0.1) is 0 Å². The molecule has 1 aliphatic rings. The van der Waals surface area contributed by atoms with Gasteiger partial charge in [0.1, 0.15) is 0 Å². The van der Waals surface area contributed by atoms with Gasteiger partial charge in [-0.15, -0.1) is 0 Å². The number of nitrogens with zero attached hydrogens (tertiary/aromatic N) is 1. The van der Waals surface area contributed by atoms with Gasteiger partial charge in [0.15, 0.2) is 0 Å². The maximum atomic E-state index is 11.7. The van der Waals surface area contributed by atoms with Crippen molar-refractivity contribution in [1.29, 1.82) is 0 Å². The highest BCUT2D eigenvalue weighted by Gasteiger charge is 2.29. The Morgan fingerprint density at radius 1 is 1.12 bits per heavy atom. The normalized spacial score (nSPS) is 15.6. The number of hydrogen-bond donors (Lipinski definition) is 0. The first-order valence-corrected chi connectivity index (χ1v) is 5.29. The van der Waals surface area contributed by atoms with Gasteiger partial charge in [0.05, 0.1) is 5.69 Å². The molecule has 0 unspecified atom stereocenters. The van der Waals surface area contributed by atoms with Gasteiger partial charge >= 0.3 is 0 Å². The fourth-order valence-electron chi connectivity index (χ4n) is 1.71. The Bertz CT molecular complexity index is 471. The number of aryl methyl sites for hydroxylation is 1. The summed E-state index contributed by atoms with van der Waals surface area (Å²) in [4.78, 5) is 24.5. The molecule has 0 atom stereocenters. The first-order valence-electron chi connectivity index (χ1n) is 5.29. The first-order chi connectivity index (χ1) is 7.63. The Labute approximate surface area is 94.4 Å². The molecule has 0 saturated heterocycles. The smallest absolute Gasteiger partial charge is 0.261 e. The lowest BCUT2D eigenvalue weighted by Gasteiger charge is -2.14. The zero-order valence-electron chi connectivity index (χ0n) is 9.36. The third kappa shape index (κ3) is 1.65. The topological polar surface area (TPSA) is 37.4 Å². The average molecular weight is 215 g/mol. The standard InChI is InChI=1S/C13H13NO2/c1-3-10-4-6-11(7-5-10)14-12(15)8-9(2)13(14)16/h4-8H,3H2,1-2H3. The zero-order chi connectivity index (χ0) is 11.7. The van der Waals surface area contributed by atoms with Gasteiger partial charge in [-0.2, -0.15) is 0 Å². The van der Waals surface area contributed by atoms with Gasteiger partial charge in [-0.3, -0.25) is 9.59 Å². The van der Waals surface area contributed by atoms with Crippen LogP contribution in [-0.4, -0.2) is 11.8 Å². The summed E-state index contributed by atoms with van der Waals surface area (Å²) in [7, 11) is 0. The third-order valence-corrected chi connectivity index (χ3v) is 2.70. The summed E-state index contributed by atoms with van der Waals surface area (Å²) >= 11 is 0. The molecule has 16 heavy (non-hydrogen) atoms. The lowest BCUT2D eigenvalue weighted by atomic mass is 10.1. The number of imide groups is 1. The van der Waals surface area contributed by atoms with E-state index < -0.39 is 0 Å². The molecule has 1 aliphatic heterocycles. The summed E-state index contributed by atoms with van der Waals surface area (Å²) in [5.41, 5.74) is 2.32. The van der Waals surface area contributed by atoms with Crippen LogP contribution < -0.4 is 4.90 Å². The SMILES string of the molecule is CCc1ccc(N2C(=O)C=C(C)C2=O)cc1. The number of anilines is 1. The van der Waals surface area contributed by atoms with Crippen LogP contribution >= 0.6 is 0 Å². The number of hydrogen-bond acceptors (Lipinski definition) is 2. The van der Waals surface area contributed by atoms with Crippen molar-refractivity contribution in [2.24, 2.45) is 0 Å². The summed E-state index contributed by atoms with van der Waals surface area (Å²) < 4.78 is 0. The zero-order valence-corrected chi connectivity index (χ0v) is 9.36. The van der Waals surface area contributed by atoms with E-state index >= 15 is 0 Å². The molecule has 82 valence electrons. The summed E-state index contributed by atoms with van der Waals surface area (Å²) in [6.45, 7) is 3.72. The predicted molar refractivity (Wildman–Crippen MR) is 62.1 cm³/mol. The van der Waals surface area contributed by atoms with E-state index in [1.165, 1.54) is 16.5 Å². The summed E-state index contributed by atoms with van der Waals surface area (Å²) in [5, 5.41) is 0. The van der Waals surface area contributed by atoms with Crippen molar-refractivity contribution in [3.05, 3.63) is 41.5 Å². The Morgan fingerprint density at radius 2 is 1.75 bits per heavy atom. The molecule has 2 amide bonds. The maximum Gasteiger partial charge on any atom is 0.261 e. The number of carbonyl (C=O) groups is 2. The number of rotatable bonds is 2. The minimum Gasteiger partial charge on any atom is -0.269 e. The first kappa shape index (κ1) is 10.6. The Morgan fingerprint density at radius 3 is 2.19 bits per heavy atom. The van der Waals surface area contributed by atoms with E-state index in [9.17, 15) is 9.59 Å². The van der Waals surface area contributed by atoms with Gasteiger partial charge in [0, 0.05) is 11.6 Å². The molecule has 2 rings (SSSR count). The van der Waals surface area contributed by atoms with Crippen LogP contribution in [0.5, 0.6) is 0 Å². The fraction of sp³-hybridized carbons (Fsp3) is 0.231. The van der Waals surface area contributed by atoms with Gasteiger partial charge in [0.2, 0.25) is 0 Å². The van der Waals surface area contributed by atoms with Crippen molar-refractivity contribution in [2.45, 2.75) is 20.3 Å². The second-order valence-corrected chi connectivity index (χ2v) is 3.83. The van der Waals surface area contributed by atoms with Crippen LogP contribution in [0.2, 0.25) is 0 Å². The molecule has 1 heterocycles. The van der Waals surface area contributed by atoms with Crippen molar-refractivity contribution in [1.82, 2.24) is 0 Å². The molecule has 1 aromatic carbocycles. The molecule has 0 spiro atoms. The van der Waals surface area contributed by atoms with Gasteiger partial charge in [0.25, 0.3) is 11.8 Å². The van der Waals surface area contributed by atoms with E-state index in [4.69, 9.17) is 0 Å². The molecule has 0 fully saturated rings. The van der Waals surface area contributed by atoms with Crippen LogP contribution in [0.3, 0.4) is 0 Å². The largest absolute Gasteiger partial charge is 0.269 e. The summed E-state index contributed by atoms with van der Waals surface area (Å²) in [6.07, 6.45) is 2.31. The molecule has 0 saturated carbocycles. The lowest BCUT2D eigenvalue weighted by Crippen LogP contribution is -2.30. The molecule has 0 N–H and O–H groups in total. The van der Waals surface area contributed by atoms with Gasteiger partial charge in [-0.05, 0) is 31.0 Å². The number of benzene rings is 1. The van der Waals surface area contributed by atoms with E-state index in [0.717, 1.165) is 6.42 Å². The average Bonchev–Trinajstić information content (AvgIpc) is 2.54. The molecule has 3 nitrogen and oxygen atoms in total. The van der Waals surface area contributed by atoms with Gasteiger partial charge in [-0.1, -0.05) is 19.1 Å². The molecule has 1 aromatic rings. The second-order valence-electron chi connectivity index (χ2n) is 3.83. The number of amides is 2. The van der Waals surface area contributed by atoms with Crippen molar-refractivity contribution in [3.63, 3.8) is 0 Å². The van der Waals surface area contributed by atoms with E-state index in [0.29, 0.717) is 11.3 Å². The number of carbonyl (C=O) groups excluding carboxylic acids is 2. The molecular formula is C13H13NO2. The summed E-state index contributed by atoms with van der Waals surface area (Å²) in [5.74, 6) is -0.485. The van der Waals surface area contributed by atoms with E-state index in [-0.39, 0.29) is 11.8 Å². The minimum atomic E-state index is -0.258. The second kappa shape index (κ2) is 3.93. The monoisotopic (exact) mass is 215 g/mol. The third-order valence-electron chi connectivity index (χ3n) is 2.70. The highest BCUT2D eigenvalue weighted by atomic mass is 16.2. The van der Waals surface area contributed by atoms with Crippen LogP contribution in [0.25, 0.3) is 0 Å². The van der Waals surface area contributed by atoms with E-state index in [1.807, 2.05) is 12.1 Å². The molecule has 0 aromatic heterocycles. The fourth-order valence-corrected chi connectivity index (χ4v) is 1.71. The Hall–Kier alpha value is -1.90. The molecular weight excluding hydrogens is 202 g/mol. The predicted octanol–water partition coefficient (Wildman–Crippen LogP) is 2.07. The highest BCUT2D eigenvalue weighted by molar-refractivity contribution is 6.30. The van der Waals surface area contributed by atoms with Crippen molar-refractivity contribution >= 4 is 17.5 Å². The Kier molecular flexibility index (Phi) is 2.60. The Balaban J connectivity index is 2.32. The van der Waals surface area contributed by atoms with Crippen LogP contribution in [0.15, 0.2) is 35.9 Å². The lowest BCUT2D eigenvalue weighted by molar-refractivity contribution is -0.120. The molecule has 0 bridgehead atoms. The quantitative estimate of drug-likeness (QED) is 0.708. The van der Waals surface area contributed by atoms with Crippen LogP contribution in [0.1, 0.15) is 19.4 Å². The van der Waals surface area contributed by atoms with Gasteiger partial charge in [-0.25, -0.2) is 4.90 Å². The summed E-state index contributed by atoms with van der Waals surface area (Å²) in [6, 6.07) is 7.48. The van der Waals surface area contributed by atoms with Crippen molar-refractivity contribution < 1.29 is 9.59 Å². The molecule has 0 aliphatic carbocycles.